The van der Waals surface area contributed by atoms with E-state index in [1.54, 1.807) is 0 Å². The van der Waals surface area contributed by atoms with Crippen LogP contribution in [0, 0.1) is 0 Å². The number of unbranched alkanes of at least 4 members (excludes halogenated alkanes) is 41. The lowest BCUT2D eigenvalue weighted by atomic mass is 10.0. The van der Waals surface area contributed by atoms with Crippen LogP contribution in [-0.2, 0) is 28.6 Å². The van der Waals surface area contributed by atoms with Crippen molar-refractivity contribution in [3.63, 3.8) is 0 Å². The fraction of sp³-hybridized carbons (Fsp3) is 0.797. The number of esters is 3. The van der Waals surface area contributed by atoms with Crippen molar-refractivity contribution in [2.75, 3.05) is 13.2 Å². The number of carbonyl (C=O) groups is 3. The fourth-order valence-electron chi connectivity index (χ4n) is 10.2. The predicted octanol–water partition coefficient (Wildman–Crippen LogP) is 24.1. The van der Waals surface area contributed by atoms with Gasteiger partial charge in [0, 0.05) is 19.3 Å². The Hall–Kier alpha value is -3.15. The highest BCUT2D eigenvalue weighted by atomic mass is 16.6. The fourth-order valence-corrected chi connectivity index (χ4v) is 10.2. The molecule has 0 radical (unpaired) electrons. The molecule has 0 aliphatic heterocycles. The molecule has 0 aromatic carbocycles. The molecule has 0 aromatic rings. The molecule has 1 unspecified atom stereocenters. The summed E-state index contributed by atoms with van der Waals surface area (Å²) in [5, 5.41) is 0. The van der Waals surface area contributed by atoms with Crippen LogP contribution < -0.4 is 0 Å². The van der Waals surface area contributed by atoms with Crippen LogP contribution in [0.1, 0.15) is 361 Å². The predicted molar refractivity (Wildman–Crippen MR) is 348 cm³/mol. The summed E-state index contributed by atoms with van der Waals surface area (Å²) in [7, 11) is 0. The van der Waals surface area contributed by atoms with E-state index >= 15 is 0 Å². The van der Waals surface area contributed by atoms with Gasteiger partial charge in [0.25, 0.3) is 0 Å². The lowest BCUT2D eigenvalue weighted by molar-refractivity contribution is -0.167. The van der Waals surface area contributed by atoms with Crippen LogP contribution in [0.15, 0.2) is 72.9 Å². The molecule has 0 fully saturated rings. The SMILES string of the molecule is CC/C=C\C/C=C\C/C=C\C/C=C\C/C=C\CCCCCCCCCCCCCC(=O)OCC(COC(=O)CCCCCCC/C=C\CCCC)OC(=O)CCCCCCCCCCCCCCCCCCCCCCCCCC. The number of ether oxygens (including phenoxy) is 3. The molecule has 0 saturated carbocycles. The molecule has 0 aliphatic carbocycles. The first-order valence-corrected chi connectivity index (χ1v) is 34.9. The second-order valence-corrected chi connectivity index (χ2v) is 23.4. The summed E-state index contributed by atoms with van der Waals surface area (Å²) in [5.74, 6) is -0.868. The van der Waals surface area contributed by atoms with Gasteiger partial charge >= 0.3 is 17.9 Å². The van der Waals surface area contributed by atoms with Crippen LogP contribution in [-0.4, -0.2) is 37.2 Å². The van der Waals surface area contributed by atoms with Crippen LogP contribution in [0.25, 0.3) is 0 Å². The van der Waals surface area contributed by atoms with Crippen molar-refractivity contribution in [3.8, 4) is 0 Å². The lowest BCUT2D eigenvalue weighted by Gasteiger charge is -2.18. The van der Waals surface area contributed by atoms with Crippen molar-refractivity contribution in [2.45, 2.75) is 367 Å². The van der Waals surface area contributed by atoms with Crippen molar-refractivity contribution < 1.29 is 28.6 Å². The first-order chi connectivity index (χ1) is 39.5. The maximum atomic E-state index is 12.9. The number of rotatable bonds is 64. The molecule has 80 heavy (non-hydrogen) atoms. The lowest BCUT2D eigenvalue weighted by Crippen LogP contribution is -2.30. The van der Waals surface area contributed by atoms with Crippen molar-refractivity contribution in [1.29, 1.82) is 0 Å². The Balaban J connectivity index is 4.21. The average Bonchev–Trinajstić information content (AvgIpc) is 3.46. The summed E-state index contributed by atoms with van der Waals surface area (Å²) in [4.78, 5) is 38.4. The number of hydrogen-bond acceptors (Lipinski definition) is 6. The third-order valence-corrected chi connectivity index (χ3v) is 15.4. The molecular weight excluding hydrogens is 985 g/mol. The molecule has 0 spiro atoms. The molecule has 0 bridgehead atoms. The minimum atomic E-state index is -0.779. The normalized spacial score (nSPS) is 12.5. The second kappa shape index (κ2) is 68.3. The Bertz CT molecular complexity index is 1470. The number of carbonyl (C=O) groups excluding carboxylic acids is 3. The van der Waals surface area contributed by atoms with Gasteiger partial charge in [0.05, 0.1) is 0 Å². The van der Waals surface area contributed by atoms with E-state index < -0.39 is 6.10 Å². The Morgan fingerprint density at radius 2 is 0.500 bits per heavy atom. The molecule has 1 atom stereocenters. The Morgan fingerprint density at radius 1 is 0.263 bits per heavy atom. The van der Waals surface area contributed by atoms with Crippen molar-refractivity contribution in [3.05, 3.63) is 72.9 Å². The van der Waals surface area contributed by atoms with E-state index in [1.165, 1.54) is 225 Å². The monoisotopic (exact) mass is 1120 g/mol. The molecule has 0 aromatic heterocycles. The maximum Gasteiger partial charge on any atom is 0.306 e. The second-order valence-electron chi connectivity index (χ2n) is 23.4. The van der Waals surface area contributed by atoms with Gasteiger partial charge in [-0.2, -0.15) is 0 Å². The van der Waals surface area contributed by atoms with Crippen LogP contribution in [0.4, 0.5) is 0 Å². The molecule has 0 amide bonds. The molecule has 0 aliphatic rings. The first-order valence-electron chi connectivity index (χ1n) is 34.9. The van der Waals surface area contributed by atoms with Gasteiger partial charge in [0.1, 0.15) is 13.2 Å². The summed E-state index contributed by atoms with van der Waals surface area (Å²) < 4.78 is 17.0. The quantitative estimate of drug-likeness (QED) is 0.0261. The summed E-state index contributed by atoms with van der Waals surface area (Å²) in [6.07, 6.45) is 89.4. The zero-order chi connectivity index (χ0) is 57.8. The van der Waals surface area contributed by atoms with Crippen molar-refractivity contribution >= 4 is 17.9 Å². The molecule has 0 N–H and O–H groups in total. The zero-order valence-electron chi connectivity index (χ0n) is 53.3. The smallest absolute Gasteiger partial charge is 0.306 e. The van der Waals surface area contributed by atoms with Gasteiger partial charge < -0.3 is 14.2 Å². The van der Waals surface area contributed by atoms with E-state index in [2.05, 4.69) is 93.7 Å². The molecule has 464 valence electrons. The zero-order valence-corrected chi connectivity index (χ0v) is 53.3. The van der Waals surface area contributed by atoms with E-state index in [9.17, 15) is 14.4 Å². The Morgan fingerprint density at radius 3 is 0.812 bits per heavy atom. The van der Waals surface area contributed by atoms with E-state index in [0.717, 1.165) is 96.3 Å². The van der Waals surface area contributed by atoms with Crippen LogP contribution in [0.2, 0.25) is 0 Å². The summed E-state index contributed by atoms with van der Waals surface area (Å²) in [6.45, 7) is 6.53. The van der Waals surface area contributed by atoms with Crippen LogP contribution in [0.5, 0.6) is 0 Å². The minimum absolute atomic E-state index is 0.0758. The molecule has 0 heterocycles. The third-order valence-electron chi connectivity index (χ3n) is 15.4. The maximum absolute atomic E-state index is 12.9. The Labute approximate surface area is 497 Å². The van der Waals surface area contributed by atoms with Crippen molar-refractivity contribution in [1.82, 2.24) is 0 Å². The summed E-state index contributed by atoms with van der Waals surface area (Å²) >= 11 is 0. The van der Waals surface area contributed by atoms with Crippen LogP contribution >= 0.6 is 0 Å². The largest absolute Gasteiger partial charge is 0.462 e. The highest BCUT2D eigenvalue weighted by Gasteiger charge is 2.19. The van der Waals surface area contributed by atoms with Gasteiger partial charge in [0.15, 0.2) is 6.10 Å². The minimum Gasteiger partial charge on any atom is -0.462 e. The van der Waals surface area contributed by atoms with Gasteiger partial charge in [-0.25, -0.2) is 0 Å². The van der Waals surface area contributed by atoms with Gasteiger partial charge in [-0.05, 0) is 83.5 Å². The topological polar surface area (TPSA) is 78.9 Å². The van der Waals surface area contributed by atoms with E-state index in [0.29, 0.717) is 19.3 Å². The van der Waals surface area contributed by atoms with Gasteiger partial charge in [-0.3, -0.25) is 14.4 Å². The first kappa shape index (κ1) is 76.9. The van der Waals surface area contributed by atoms with Gasteiger partial charge in [-0.15, -0.1) is 0 Å². The number of hydrogen-bond donors (Lipinski definition) is 0. The molecule has 0 rings (SSSR count). The van der Waals surface area contributed by atoms with E-state index in [4.69, 9.17) is 14.2 Å². The molecular formula is C74H132O6. The molecule has 0 saturated heterocycles. The van der Waals surface area contributed by atoms with E-state index in [1.807, 2.05) is 0 Å². The summed E-state index contributed by atoms with van der Waals surface area (Å²) in [6, 6.07) is 0. The highest BCUT2D eigenvalue weighted by Crippen LogP contribution is 2.18. The van der Waals surface area contributed by atoms with Crippen molar-refractivity contribution in [2.24, 2.45) is 0 Å². The average molecular weight is 1120 g/mol. The molecule has 6 heteroatoms. The van der Waals surface area contributed by atoms with Gasteiger partial charge in [0.2, 0.25) is 0 Å². The molecule has 6 nitrogen and oxygen atoms in total. The Kier molecular flexibility index (Phi) is 65.7. The van der Waals surface area contributed by atoms with Gasteiger partial charge in [-0.1, -0.05) is 331 Å². The van der Waals surface area contributed by atoms with Crippen LogP contribution in [0.3, 0.4) is 0 Å². The number of allylic oxidation sites excluding steroid dienone is 12. The highest BCUT2D eigenvalue weighted by molar-refractivity contribution is 5.71. The third kappa shape index (κ3) is 65.7. The standard InChI is InChI=1S/C74H132O6/c1-4-7-10-13-16-19-22-24-26-28-30-32-34-36-37-38-40-41-43-45-47-49-52-55-58-61-64-67-73(76)79-70-71(69-78-72(75)66-63-60-57-54-51-21-18-15-12-9-6-3)80-74(77)68-65-62-59-56-53-50-48-46-44-42-39-35-33-31-29-27-25-23-20-17-14-11-8-5-2/h7,10,15-16,18-19,24,26,30,32,36-37,71H,4-6,8-9,11-14,17,20-23,25,27-29,31,33-35,38-70H2,1-3H3/b10-7-,18-15-,19-16-,26-24-,32-30-,37-36-. The summed E-state index contributed by atoms with van der Waals surface area (Å²) in [5.41, 5.74) is 0. The van der Waals surface area contributed by atoms with E-state index in [-0.39, 0.29) is 31.1 Å².